The van der Waals surface area contributed by atoms with Gasteiger partial charge < -0.3 is 16.0 Å². The highest BCUT2D eigenvalue weighted by Crippen LogP contribution is 2.18. The van der Waals surface area contributed by atoms with Crippen molar-refractivity contribution in [1.29, 1.82) is 0 Å². The van der Waals surface area contributed by atoms with Crippen LogP contribution < -0.4 is 11.1 Å². The average Bonchev–Trinajstić information content (AvgIpc) is 2.61. The van der Waals surface area contributed by atoms with Crippen LogP contribution in [0.25, 0.3) is 0 Å². The molecule has 6 nitrogen and oxygen atoms in total. The molecule has 0 aliphatic rings. The van der Waals surface area contributed by atoms with Crippen LogP contribution in [0.5, 0.6) is 0 Å². The van der Waals surface area contributed by atoms with Gasteiger partial charge in [-0.1, -0.05) is 27.7 Å². The number of imidazole rings is 1. The van der Waals surface area contributed by atoms with Gasteiger partial charge in [0.15, 0.2) is 5.82 Å². The normalized spacial score (nSPS) is 10.9. The number of anilines is 1. The molecule has 0 spiro atoms. The van der Waals surface area contributed by atoms with Gasteiger partial charge in [0.1, 0.15) is 11.5 Å². The number of primary amides is 1. The van der Waals surface area contributed by atoms with Gasteiger partial charge in [0.05, 0.1) is 0 Å². The monoisotopic (exact) mass is 238 g/mol. The smallest absolute Gasteiger partial charge is 0.269 e. The molecule has 0 saturated carbocycles. The summed E-state index contributed by atoms with van der Waals surface area (Å²) in [5.41, 5.74) is 5.36. The maximum atomic E-state index is 11.5. The first-order valence-electron chi connectivity index (χ1n) is 5.53. The molecule has 1 rings (SSSR count). The third-order valence-corrected chi connectivity index (χ3v) is 2.28. The number of nitrogens with one attached hydrogen (secondary N) is 2. The predicted molar refractivity (Wildman–Crippen MR) is 64.7 cm³/mol. The molecule has 0 aliphatic carbocycles. The SMILES string of the molecule is CC(C)C(=O)Nc1nc(C(C)C)[nH]c1C(N)=O. The minimum absolute atomic E-state index is 0.123. The van der Waals surface area contributed by atoms with Crippen LogP contribution in [0.4, 0.5) is 5.82 Å². The Kier molecular flexibility index (Phi) is 3.88. The van der Waals surface area contributed by atoms with Gasteiger partial charge in [-0.2, -0.15) is 0 Å². The molecule has 4 N–H and O–H groups in total. The molecular weight excluding hydrogens is 220 g/mol. The molecule has 17 heavy (non-hydrogen) atoms. The molecule has 1 heterocycles. The molecule has 0 atom stereocenters. The van der Waals surface area contributed by atoms with Gasteiger partial charge in [-0.05, 0) is 0 Å². The Morgan fingerprint density at radius 2 is 1.88 bits per heavy atom. The summed E-state index contributed by atoms with van der Waals surface area (Å²) >= 11 is 0. The summed E-state index contributed by atoms with van der Waals surface area (Å²) in [4.78, 5) is 29.7. The number of carbonyl (C=O) groups excluding carboxylic acids is 2. The average molecular weight is 238 g/mol. The lowest BCUT2D eigenvalue weighted by molar-refractivity contribution is -0.118. The summed E-state index contributed by atoms with van der Waals surface area (Å²) in [5.74, 6) is -0.0664. The van der Waals surface area contributed by atoms with Gasteiger partial charge in [0.25, 0.3) is 5.91 Å². The fraction of sp³-hybridized carbons (Fsp3) is 0.545. The van der Waals surface area contributed by atoms with Gasteiger partial charge in [-0.15, -0.1) is 0 Å². The van der Waals surface area contributed by atoms with E-state index in [4.69, 9.17) is 5.73 Å². The molecule has 0 bridgehead atoms. The van der Waals surface area contributed by atoms with E-state index >= 15 is 0 Å². The van der Waals surface area contributed by atoms with Crippen molar-refractivity contribution < 1.29 is 9.59 Å². The molecule has 1 aromatic heterocycles. The standard InChI is InChI=1S/C11H18N4O2/c1-5(2)9-13-7(8(12)16)10(14-9)15-11(17)6(3)4/h5-6H,1-4H3,(H2,12,16)(H,13,14)(H,15,17). The molecule has 0 radical (unpaired) electrons. The summed E-state index contributed by atoms with van der Waals surface area (Å²) in [6.45, 7) is 7.37. The van der Waals surface area contributed by atoms with Gasteiger partial charge >= 0.3 is 0 Å². The number of nitrogens with two attached hydrogens (primary N) is 1. The maximum absolute atomic E-state index is 11.5. The number of aromatic nitrogens is 2. The number of aromatic amines is 1. The van der Waals surface area contributed by atoms with Gasteiger partial charge in [-0.25, -0.2) is 4.98 Å². The topological polar surface area (TPSA) is 101 Å². The third kappa shape index (κ3) is 3.05. The lowest BCUT2D eigenvalue weighted by Crippen LogP contribution is -2.21. The zero-order valence-electron chi connectivity index (χ0n) is 10.5. The highest BCUT2D eigenvalue weighted by atomic mass is 16.2. The molecule has 0 aromatic carbocycles. The number of H-pyrrole nitrogens is 1. The molecule has 0 aliphatic heterocycles. The Morgan fingerprint density at radius 3 is 2.29 bits per heavy atom. The molecular formula is C11H18N4O2. The first kappa shape index (κ1) is 13.2. The van der Waals surface area contributed by atoms with Crippen LogP contribution in [0.2, 0.25) is 0 Å². The van der Waals surface area contributed by atoms with Crippen molar-refractivity contribution in [1.82, 2.24) is 9.97 Å². The minimum Gasteiger partial charge on any atom is -0.364 e. The van der Waals surface area contributed by atoms with E-state index in [9.17, 15) is 9.59 Å². The minimum atomic E-state index is -0.636. The van der Waals surface area contributed by atoms with Crippen LogP contribution in [0.3, 0.4) is 0 Å². The van der Waals surface area contributed by atoms with Crippen LogP contribution in [0.15, 0.2) is 0 Å². The summed E-state index contributed by atoms with van der Waals surface area (Å²) in [6, 6.07) is 0. The van der Waals surface area contributed by atoms with E-state index in [1.54, 1.807) is 13.8 Å². The lowest BCUT2D eigenvalue weighted by Gasteiger charge is -2.05. The highest BCUT2D eigenvalue weighted by molar-refractivity contribution is 6.01. The van der Waals surface area contributed by atoms with Gasteiger partial charge in [0.2, 0.25) is 5.91 Å². The summed E-state index contributed by atoms with van der Waals surface area (Å²) in [7, 11) is 0. The number of hydrogen-bond donors (Lipinski definition) is 3. The predicted octanol–water partition coefficient (Wildman–Crippen LogP) is 1.23. The quantitative estimate of drug-likeness (QED) is 0.735. The number of rotatable bonds is 4. The van der Waals surface area contributed by atoms with Gasteiger partial charge in [-0.3, -0.25) is 9.59 Å². The second kappa shape index (κ2) is 4.99. The molecule has 6 heteroatoms. The summed E-state index contributed by atoms with van der Waals surface area (Å²) in [5, 5.41) is 2.58. The first-order chi connectivity index (χ1) is 7.82. The van der Waals surface area contributed by atoms with E-state index in [-0.39, 0.29) is 29.3 Å². The largest absolute Gasteiger partial charge is 0.364 e. The lowest BCUT2D eigenvalue weighted by atomic mass is 10.2. The summed E-state index contributed by atoms with van der Waals surface area (Å²) in [6.07, 6.45) is 0. The van der Waals surface area contributed by atoms with Crippen LogP contribution in [-0.4, -0.2) is 21.8 Å². The molecule has 1 aromatic rings. The number of carbonyl (C=O) groups is 2. The Hall–Kier alpha value is -1.85. The molecule has 0 fully saturated rings. The second-order valence-corrected chi connectivity index (χ2v) is 4.51. The Morgan fingerprint density at radius 1 is 1.29 bits per heavy atom. The van der Waals surface area contributed by atoms with Crippen LogP contribution in [0.1, 0.15) is 49.9 Å². The van der Waals surface area contributed by atoms with E-state index in [1.165, 1.54) is 0 Å². The van der Waals surface area contributed by atoms with E-state index in [1.807, 2.05) is 13.8 Å². The Balaban J connectivity index is 3.04. The number of nitrogens with zero attached hydrogens (tertiary/aromatic N) is 1. The molecule has 94 valence electrons. The molecule has 0 unspecified atom stereocenters. The van der Waals surface area contributed by atoms with Crippen molar-refractivity contribution in [3.8, 4) is 0 Å². The highest BCUT2D eigenvalue weighted by Gasteiger charge is 2.19. The molecule has 2 amide bonds. The van der Waals surface area contributed by atoms with E-state index in [0.29, 0.717) is 5.82 Å². The fourth-order valence-corrected chi connectivity index (χ4v) is 1.19. The third-order valence-electron chi connectivity index (χ3n) is 2.28. The van der Waals surface area contributed by atoms with E-state index < -0.39 is 5.91 Å². The van der Waals surface area contributed by atoms with E-state index in [2.05, 4.69) is 15.3 Å². The first-order valence-corrected chi connectivity index (χ1v) is 5.53. The molecule has 0 saturated heterocycles. The summed E-state index contributed by atoms with van der Waals surface area (Å²) < 4.78 is 0. The van der Waals surface area contributed by atoms with E-state index in [0.717, 1.165) is 0 Å². The van der Waals surface area contributed by atoms with Crippen molar-refractivity contribution in [2.45, 2.75) is 33.6 Å². The van der Waals surface area contributed by atoms with Crippen molar-refractivity contribution in [3.63, 3.8) is 0 Å². The zero-order valence-corrected chi connectivity index (χ0v) is 10.5. The van der Waals surface area contributed by atoms with Crippen molar-refractivity contribution >= 4 is 17.6 Å². The Bertz CT molecular complexity index is 435. The zero-order chi connectivity index (χ0) is 13.2. The van der Waals surface area contributed by atoms with Crippen molar-refractivity contribution in [2.75, 3.05) is 5.32 Å². The second-order valence-electron chi connectivity index (χ2n) is 4.51. The van der Waals surface area contributed by atoms with Crippen LogP contribution in [-0.2, 0) is 4.79 Å². The van der Waals surface area contributed by atoms with Gasteiger partial charge in [0, 0.05) is 11.8 Å². The fourth-order valence-electron chi connectivity index (χ4n) is 1.19. The Labute approximate surface area is 100.0 Å². The maximum Gasteiger partial charge on any atom is 0.269 e. The van der Waals surface area contributed by atoms with Crippen LogP contribution in [0, 0.1) is 5.92 Å². The number of hydrogen-bond acceptors (Lipinski definition) is 3. The van der Waals surface area contributed by atoms with Crippen molar-refractivity contribution in [2.24, 2.45) is 11.7 Å². The van der Waals surface area contributed by atoms with Crippen molar-refractivity contribution in [3.05, 3.63) is 11.5 Å². The van der Waals surface area contributed by atoms with Crippen LogP contribution >= 0.6 is 0 Å². The number of amides is 2.